The molecule has 0 unspecified atom stereocenters. The van der Waals surface area contributed by atoms with E-state index in [4.69, 9.17) is 0 Å². The van der Waals surface area contributed by atoms with Gasteiger partial charge in [0.15, 0.2) is 0 Å². The molecule has 0 amide bonds. The van der Waals surface area contributed by atoms with Gasteiger partial charge in [0.2, 0.25) is 0 Å². The number of para-hydroxylation sites is 1. The largest absolute Gasteiger partial charge is 0.507 e. The van der Waals surface area contributed by atoms with E-state index in [1.54, 1.807) is 48.5 Å². The maximum absolute atomic E-state index is 13.7. The molecule has 0 saturated carbocycles. The fourth-order valence-electron chi connectivity index (χ4n) is 3.29. The third-order valence-corrected chi connectivity index (χ3v) is 4.74. The molecule has 0 radical (unpaired) electrons. The maximum Gasteiger partial charge on any atom is 0.433 e. The highest BCUT2D eigenvalue weighted by atomic mass is 19.4. The van der Waals surface area contributed by atoms with Crippen molar-refractivity contribution < 1.29 is 22.7 Å². The molecule has 4 aromatic rings. The zero-order valence-corrected chi connectivity index (χ0v) is 15.5. The van der Waals surface area contributed by atoms with Gasteiger partial charge in [0.1, 0.15) is 17.3 Å². The van der Waals surface area contributed by atoms with E-state index in [0.717, 1.165) is 12.3 Å². The zero-order chi connectivity index (χ0) is 21.3. The number of hydrogen-bond acceptors (Lipinski definition) is 2. The maximum atomic E-state index is 13.7. The number of halogens is 4. The third kappa shape index (κ3) is 3.89. The van der Waals surface area contributed by atoms with Crippen molar-refractivity contribution in [3.05, 3.63) is 96.6 Å². The van der Waals surface area contributed by atoms with E-state index in [9.17, 15) is 22.7 Å². The van der Waals surface area contributed by atoms with Crippen LogP contribution in [0.1, 0.15) is 5.69 Å². The monoisotopic (exact) mass is 409 g/mol. The topological polar surface area (TPSA) is 33.1 Å². The van der Waals surface area contributed by atoms with Crippen molar-refractivity contribution in [3.8, 4) is 39.1 Å². The Kier molecular flexibility index (Phi) is 4.99. The zero-order valence-electron chi connectivity index (χ0n) is 15.5. The molecule has 0 aliphatic heterocycles. The second-order valence-electron chi connectivity index (χ2n) is 6.72. The van der Waals surface area contributed by atoms with E-state index in [1.807, 2.05) is 0 Å². The number of nitrogens with zero attached hydrogens (tertiary/aromatic N) is 1. The number of aromatic nitrogens is 1. The van der Waals surface area contributed by atoms with Gasteiger partial charge in [0, 0.05) is 17.3 Å². The van der Waals surface area contributed by atoms with Crippen LogP contribution in [0.25, 0.3) is 33.4 Å². The van der Waals surface area contributed by atoms with Crippen molar-refractivity contribution in [2.75, 3.05) is 0 Å². The predicted octanol–water partition coefficient (Wildman–Crippen LogP) is 6.95. The summed E-state index contributed by atoms with van der Waals surface area (Å²) in [6, 6.07) is 20.3. The van der Waals surface area contributed by atoms with Gasteiger partial charge in [0.25, 0.3) is 0 Å². The van der Waals surface area contributed by atoms with E-state index in [0.29, 0.717) is 33.4 Å². The Balaban J connectivity index is 1.91. The van der Waals surface area contributed by atoms with Gasteiger partial charge in [-0.2, -0.15) is 13.2 Å². The molecule has 0 spiro atoms. The molecule has 2 nitrogen and oxygen atoms in total. The van der Waals surface area contributed by atoms with Crippen molar-refractivity contribution in [2.24, 2.45) is 0 Å². The average Bonchev–Trinajstić information content (AvgIpc) is 2.73. The fraction of sp³-hybridized carbons (Fsp3) is 0.0417. The SMILES string of the molecule is Oc1ccccc1-c1ccc(-c2cccc(F)c2)cc1-c1ccc(C(F)(F)F)nc1. The van der Waals surface area contributed by atoms with E-state index < -0.39 is 17.7 Å². The molecule has 4 rings (SSSR count). The molecule has 150 valence electrons. The number of alkyl halides is 3. The fourth-order valence-corrected chi connectivity index (χ4v) is 3.29. The van der Waals surface area contributed by atoms with Crippen LogP contribution in [0.2, 0.25) is 0 Å². The van der Waals surface area contributed by atoms with Gasteiger partial charge in [-0.15, -0.1) is 0 Å². The minimum Gasteiger partial charge on any atom is -0.507 e. The third-order valence-electron chi connectivity index (χ3n) is 4.74. The highest BCUT2D eigenvalue weighted by Gasteiger charge is 2.32. The van der Waals surface area contributed by atoms with Crippen LogP contribution in [0, 0.1) is 5.82 Å². The lowest BCUT2D eigenvalue weighted by Gasteiger charge is -2.14. The van der Waals surface area contributed by atoms with E-state index in [1.165, 1.54) is 24.3 Å². The molecule has 0 bridgehead atoms. The molecular formula is C24H15F4NO. The summed E-state index contributed by atoms with van der Waals surface area (Å²) in [5, 5.41) is 10.3. The summed E-state index contributed by atoms with van der Waals surface area (Å²) in [5.41, 5.74) is 2.48. The lowest BCUT2D eigenvalue weighted by molar-refractivity contribution is -0.141. The van der Waals surface area contributed by atoms with Crippen molar-refractivity contribution in [3.63, 3.8) is 0 Å². The van der Waals surface area contributed by atoms with E-state index in [2.05, 4.69) is 4.98 Å². The predicted molar refractivity (Wildman–Crippen MR) is 107 cm³/mol. The molecule has 30 heavy (non-hydrogen) atoms. The number of pyridine rings is 1. The molecule has 0 fully saturated rings. The summed E-state index contributed by atoms with van der Waals surface area (Å²) in [5.74, 6) is -0.354. The first-order valence-electron chi connectivity index (χ1n) is 9.05. The first-order valence-corrected chi connectivity index (χ1v) is 9.05. The van der Waals surface area contributed by atoms with Gasteiger partial charge in [-0.25, -0.2) is 4.39 Å². The Morgan fingerprint density at radius 3 is 2.07 bits per heavy atom. The molecule has 0 aliphatic carbocycles. The van der Waals surface area contributed by atoms with E-state index >= 15 is 0 Å². The second-order valence-corrected chi connectivity index (χ2v) is 6.72. The molecule has 1 aromatic heterocycles. The highest BCUT2D eigenvalue weighted by molar-refractivity contribution is 5.88. The van der Waals surface area contributed by atoms with Crippen molar-refractivity contribution in [1.29, 1.82) is 0 Å². The lowest BCUT2D eigenvalue weighted by atomic mass is 9.91. The Morgan fingerprint density at radius 1 is 0.667 bits per heavy atom. The lowest BCUT2D eigenvalue weighted by Crippen LogP contribution is -2.07. The highest BCUT2D eigenvalue weighted by Crippen LogP contribution is 2.39. The molecule has 1 heterocycles. The minimum absolute atomic E-state index is 0.0390. The number of phenols is 1. The smallest absolute Gasteiger partial charge is 0.433 e. The Hall–Kier alpha value is -3.67. The van der Waals surface area contributed by atoms with Gasteiger partial charge < -0.3 is 5.11 Å². The number of rotatable bonds is 3. The number of hydrogen-bond donors (Lipinski definition) is 1. The summed E-state index contributed by atoms with van der Waals surface area (Å²) in [4.78, 5) is 3.55. The van der Waals surface area contributed by atoms with Gasteiger partial charge in [-0.3, -0.25) is 4.98 Å². The van der Waals surface area contributed by atoms with Crippen LogP contribution in [0.5, 0.6) is 5.75 Å². The van der Waals surface area contributed by atoms with Crippen LogP contribution in [-0.2, 0) is 6.18 Å². The standard InChI is InChI=1S/C24H15F4NO/c25-18-5-3-4-15(12-18)16-8-10-19(20-6-1-2-7-22(20)30)21(13-16)17-9-11-23(29-14-17)24(26,27)28/h1-14,30H. The molecular weight excluding hydrogens is 394 g/mol. The van der Waals surface area contributed by atoms with Crippen LogP contribution < -0.4 is 0 Å². The summed E-state index contributed by atoms with van der Waals surface area (Å²) in [7, 11) is 0. The molecule has 1 N–H and O–H groups in total. The minimum atomic E-state index is -4.54. The van der Waals surface area contributed by atoms with Gasteiger partial charge in [-0.1, -0.05) is 48.5 Å². The second kappa shape index (κ2) is 7.63. The molecule has 3 aromatic carbocycles. The summed E-state index contributed by atoms with van der Waals surface area (Å²) >= 11 is 0. The molecule has 0 atom stereocenters. The normalized spacial score (nSPS) is 11.5. The molecule has 0 saturated heterocycles. The van der Waals surface area contributed by atoms with Crippen LogP contribution in [-0.4, -0.2) is 10.1 Å². The summed E-state index contributed by atoms with van der Waals surface area (Å²) in [6.45, 7) is 0. The number of aromatic hydroxyl groups is 1. The van der Waals surface area contributed by atoms with Crippen molar-refractivity contribution in [2.45, 2.75) is 6.18 Å². The summed E-state index contributed by atoms with van der Waals surface area (Å²) < 4.78 is 52.4. The van der Waals surface area contributed by atoms with Crippen molar-refractivity contribution in [1.82, 2.24) is 4.98 Å². The average molecular weight is 409 g/mol. The van der Waals surface area contributed by atoms with Gasteiger partial charge >= 0.3 is 6.18 Å². The number of benzene rings is 3. The van der Waals surface area contributed by atoms with E-state index in [-0.39, 0.29) is 5.75 Å². The first-order chi connectivity index (χ1) is 14.3. The Labute approximate surface area is 170 Å². The quantitative estimate of drug-likeness (QED) is 0.372. The summed E-state index contributed by atoms with van der Waals surface area (Å²) in [6.07, 6.45) is -3.39. The van der Waals surface area contributed by atoms with Crippen LogP contribution in [0.4, 0.5) is 17.6 Å². The van der Waals surface area contributed by atoms with Crippen LogP contribution >= 0.6 is 0 Å². The van der Waals surface area contributed by atoms with Crippen molar-refractivity contribution >= 4 is 0 Å². The van der Waals surface area contributed by atoms with Crippen LogP contribution in [0.15, 0.2) is 85.1 Å². The Morgan fingerprint density at radius 2 is 1.40 bits per heavy atom. The molecule has 0 aliphatic rings. The molecule has 6 heteroatoms. The Bertz CT molecular complexity index is 1200. The first kappa shape index (κ1) is 19.6. The van der Waals surface area contributed by atoms with Crippen LogP contribution in [0.3, 0.4) is 0 Å². The van der Waals surface area contributed by atoms with Gasteiger partial charge in [0.05, 0.1) is 0 Å². The van der Waals surface area contributed by atoms with Gasteiger partial charge in [-0.05, 0) is 52.6 Å². The number of phenolic OH excluding ortho intramolecular Hbond substituents is 1.